The highest BCUT2D eigenvalue weighted by atomic mass is 16.5. The van der Waals surface area contributed by atoms with E-state index in [-0.39, 0.29) is 0 Å². The fraction of sp³-hybridized carbons (Fsp3) is 0.400. The van der Waals surface area contributed by atoms with Crippen LogP contribution in [0.3, 0.4) is 0 Å². The zero-order valence-corrected chi connectivity index (χ0v) is 8.40. The molecule has 0 bridgehead atoms. The molecule has 0 aliphatic rings. The van der Waals surface area contributed by atoms with E-state index in [1.54, 1.807) is 25.4 Å². The van der Waals surface area contributed by atoms with Gasteiger partial charge in [0, 0.05) is 26.9 Å². The lowest BCUT2D eigenvalue weighted by Gasteiger charge is -2.17. The third-order valence-corrected chi connectivity index (χ3v) is 1.90. The van der Waals surface area contributed by atoms with Crippen LogP contribution in [-0.2, 0) is 4.74 Å². The smallest absolute Gasteiger partial charge is 0.129 e. The van der Waals surface area contributed by atoms with Crippen LogP contribution in [0.5, 0.6) is 0 Å². The molecule has 0 aromatic carbocycles. The number of anilines is 1. The van der Waals surface area contributed by atoms with E-state index in [0.29, 0.717) is 12.2 Å². The zero-order valence-electron chi connectivity index (χ0n) is 8.40. The van der Waals surface area contributed by atoms with Gasteiger partial charge in [-0.15, -0.1) is 0 Å². The van der Waals surface area contributed by atoms with Gasteiger partial charge in [0.15, 0.2) is 0 Å². The Labute approximate surface area is 83.7 Å². The van der Waals surface area contributed by atoms with Crippen molar-refractivity contribution in [2.24, 2.45) is 0 Å². The van der Waals surface area contributed by atoms with E-state index in [4.69, 9.17) is 10.00 Å². The summed E-state index contributed by atoms with van der Waals surface area (Å²) >= 11 is 0. The van der Waals surface area contributed by atoms with Crippen LogP contribution in [-0.4, -0.2) is 32.3 Å². The van der Waals surface area contributed by atoms with Crippen LogP contribution in [0.2, 0.25) is 0 Å². The maximum absolute atomic E-state index is 8.70. The number of pyridine rings is 1. The van der Waals surface area contributed by atoms with Crippen LogP contribution in [0.4, 0.5) is 5.82 Å². The molecule has 0 saturated carbocycles. The molecule has 0 spiro atoms. The monoisotopic (exact) mass is 191 g/mol. The number of nitrogens with zero attached hydrogens (tertiary/aromatic N) is 3. The third kappa shape index (κ3) is 2.71. The lowest BCUT2D eigenvalue weighted by molar-refractivity contribution is 0.206. The van der Waals surface area contributed by atoms with Gasteiger partial charge in [-0.3, -0.25) is 0 Å². The predicted molar refractivity (Wildman–Crippen MR) is 54.1 cm³/mol. The van der Waals surface area contributed by atoms with Crippen LogP contribution in [0.25, 0.3) is 0 Å². The summed E-state index contributed by atoms with van der Waals surface area (Å²) in [7, 11) is 3.58. The summed E-state index contributed by atoms with van der Waals surface area (Å²) in [5.74, 6) is 0.793. The number of aromatic nitrogens is 1. The zero-order chi connectivity index (χ0) is 10.4. The molecule has 1 aromatic heterocycles. The van der Waals surface area contributed by atoms with Crippen LogP contribution in [0, 0.1) is 11.3 Å². The van der Waals surface area contributed by atoms with Crippen molar-refractivity contribution in [2.75, 3.05) is 32.2 Å². The molecule has 0 fully saturated rings. The van der Waals surface area contributed by atoms with Gasteiger partial charge in [-0.25, -0.2) is 4.98 Å². The SMILES string of the molecule is COCCN(C)c1cc(C#N)ccn1. The molecule has 0 aliphatic heterocycles. The Bertz CT molecular complexity index is 332. The first-order valence-corrected chi connectivity index (χ1v) is 4.34. The fourth-order valence-electron chi connectivity index (χ4n) is 1.04. The second kappa shape index (κ2) is 5.20. The van der Waals surface area contributed by atoms with Crippen molar-refractivity contribution in [3.05, 3.63) is 23.9 Å². The molecule has 4 heteroatoms. The van der Waals surface area contributed by atoms with E-state index < -0.39 is 0 Å². The molecule has 0 N–H and O–H groups in total. The Balaban J connectivity index is 2.70. The normalized spacial score (nSPS) is 9.50. The van der Waals surface area contributed by atoms with Gasteiger partial charge in [-0.05, 0) is 12.1 Å². The summed E-state index contributed by atoms with van der Waals surface area (Å²) in [6.07, 6.45) is 1.64. The van der Waals surface area contributed by atoms with Gasteiger partial charge in [-0.1, -0.05) is 0 Å². The minimum atomic E-state index is 0.624. The first-order chi connectivity index (χ1) is 6.77. The lowest BCUT2D eigenvalue weighted by atomic mass is 10.3. The number of hydrogen-bond acceptors (Lipinski definition) is 4. The lowest BCUT2D eigenvalue weighted by Crippen LogP contribution is -2.22. The Hall–Kier alpha value is -1.60. The van der Waals surface area contributed by atoms with Crippen molar-refractivity contribution < 1.29 is 4.74 Å². The van der Waals surface area contributed by atoms with Gasteiger partial charge in [-0.2, -0.15) is 5.26 Å². The Kier molecular flexibility index (Phi) is 3.89. The molecule has 1 heterocycles. The maximum Gasteiger partial charge on any atom is 0.129 e. The molecule has 1 aromatic rings. The molecule has 1 rings (SSSR count). The van der Waals surface area contributed by atoms with Crippen LogP contribution in [0.1, 0.15) is 5.56 Å². The van der Waals surface area contributed by atoms with Gasteiger partial charge in [0.1, 0.15) is 5.82 Å². The molecule has 14 heavy (non-hydrogen) atoms. The van der Waals surface area contributed by atoms with E-state index in [1.165, 1.54) is 0 Å². The molecule has 4 nitrogen and oxygen atoms in total. The van der Waals surface area contributed by atoms with E-state index in [9.17, 15) is 0 Å². The molecule has 0 radical (unpaired) electrons. The molecule has 0 unspecified atom stereocenters. The second-order valence-corrected chi connectivity index (χ2v) is 2.93. The van der Waals surface area contributed by atoms with Crippen LogP contribution in [0.15, 0.2) is 18.3 Å². The first kappa shape index (κ1) is 10.5. The predicted octanol–water partition coefficient (Wildman–Crippen LogP) is 1.04. The van der Waals surface area contributed by atoms with Crippen molar-refractivity contribution in [1.29, 1.82) is 5.26 Å². The molecule has 0 saturated heterocycles. The molecular weight excluding hydrogens is 178 g/mol. The van der Waals surface area contributed by atoms with Gasteiger partial charge in [0.2, 0.25) is 0 Å². The highest BCUT2D eigenvalue weighted by Gasteiger charge is 2.02. The van der Waals surface area contributed by atoms with E-state index >= 15 is 0 Å². The summed E-state index contributed by atoms with van der Waals surface area (Å²) in [5.41, 5.74) is 0.624. The quantitative estimate of drug-likeness (QED) is 0.713. The highest BCUT2D eigenvalue weighted by molar-refractivity contribution is 5.44. The van der Waals surface area contributed by atoms with Gasteiger partial charge < -0.3 is 9.64 Å². The number of hydrogen-bond donors (Lipinski definition) is 0. The van der Waals surface area contributed by atoms with E-state index in [0.717, 1.165) is 12.4 Å². The summed E-state index contributed by atoms with van der Waals surface area (Å²) in [5, 5.41) is 8.70. The fourth-order valence-corrected chi connectivity index (χ4v) is 1.04. The standard InChI is InChI=1S/C10H13N3O/c1-13(5-6-14-2)10-7-9(8-11)3-4-12-10/h3-4,7H,5-6H2,1-2H3. The minimum absolute atomic E-state index is 0.624. The minimum Gasteiger partial charge on any atom is -0.383 e. The number of likely N-dealkylation sites (N-methyl/N-ethyl adjacent to an activating group) is 1. The average Bonchev–Trinajstić information content (AvgIpc) is 2.26. The van der Waals surface area contributed by atoms with E-state index in [2.05, 4.69) is 11.1 Å². The number of nitriles is 1. The second-order valence-electron chi connectivity index (χ2n) is 2.93. The van der Waals surface area contributed by atoms with Crippen molar-refractivity contribution in [3.8, 4) is 6.07 Å². The highest BCUT2D eigenvalue weighted by Crippen LogP contribution is 2.09. The van der Waals surface area contributed by atoms with Gasteiger partial charge in [0.05, 0.1) is 18.2 Å². The van der Waals surface area contributed by atoms with Crippen molar-refractivity contribution >= 4 is 5.82 Å². The van der Waals surface area contributed by atoms with Gasteiger partial charge >= 0.3 is 0 Å². The molecular formula is C10H13N3O. The largest absolute Gasteiger partial charge is 0.383 e. The third-order valence-electron chi connectivity index (χ3n) is 1.90. The Morgan fingerprint density at radius 2 is 2.43 bits per heavy atom. The van der Waals surface area contributed by atoms with Crippen LogP contribution >= 0.6 is 0 Å². The molecule has 0 amide bonds. The topological polar surface area (TPSA) is 49.1 Å². The average molecular weight is 191 g/mol. The molecule has 74 valence electrons. The Morgan fingerprint density at radius 3 is 3.07 bits per heavy atom. The van der Waals surface area contributed by atoms with Crippen molar-refractivity contribution in [1.82, 2.24) is 4.98 Å². The molecule has 0 atom stereocenters. The number of rotatable bonds is 4. The summed E-state index contributed by atoms with van der Waals surface area (Å²) < 4.78 is 4.96. The van der Waals surface area contributed by atoms with Gasteiger partial charge in [0.25, 0.3) is 0 Å². The Morgan fingerprint density at radius 1 is 1.64 bits per heavy atom. The van der Waals surface area contributed by atoms with E-state index in [1.807, 2.05) is 11.9 Å². The van der Waals surface area contributed by atoms with Crippen molar-refractivity contribution in [3.63, 3.8) is 0 Å². The number of methoxy groups -OCH3 is 1. The molecule has 0 aliphatic carbocycles. The van der Waals surface area contributed by atoms with Crippen molar-refractivity contribution in [2.45, 2.75) is 0 Å². The summed E-state index contributed by atoms with van der Waals surface area (Å²) in [6.45, 7) is 1.41. The maximum atomic E-state index is 8.70. The summed E-state index contributed by atoms with van der Waals surface area (Å²) in [6, 6.07) is 5.53. The summed E-state index contributed by atoms with van der Waals surface area (Å²) in [4.78, 5) is 6.11. The number of ether oxygens (including phenoxy) is 1. The first-order valence-electron chi connectivity index (χ1n) is 4.34. The van der Waals surface area contributed by atoms with Crippen LogP contribution < -0.4 is 4.90 Å².